The number of likely N-dealkylation sites (tertiary alicyclic amines) is 1. The number of aryl methyl sites for hydroxylation is 2. The van der Waals surface area contributed by atoms with Crippen molar-refractivity contribution >= 4 is 11.9 Å². The standard InChI is InChI=1S/C20H24N2O4.C2HF3O2/c1-14-9-18(15(2)26-14)19(23)22-8-6-20(13-22)10-17(12-25-20)24-11-16-5-3-4-7-21-16;3-2(4,5)1(6)7/h3-5,7,9,17H,6,8,10-13H2,1-2H3;(H,6,7)/t17-,20+;/m1./s1. The summed E-state index contributed by atoms with van der Waals surface area (Å²) in [6.07, 6.45) is -1.61. The highest BCUT2D eigenvalue weighted by molar-refractivity contribution is 5.95. The number of aliphatic carboxylic acids is 1. The summed E-state index contributed by atoms with van der Waals surface area (Å²) in [6.45, 7) is 6.06. The zero-order chi connectivity index (χ0) is 24.2. The second-order valence-corrected chi connectivity index (χ2v) is 8.06. The first kappa shape index (κ1) is 24.7. The van der Waals surface area contributed by atoms with Crippen molar-refractivity contribution in [2.24, 2.45) is 0 Å². The van der Waals surface area contributed by atoms with Gasteiger partial charge in [-0.05, 0) is 38.5 Å². The van der Waals surface area contributed by atoms with Gasteiger partial charge >= 0.3 is 12.1 Å². The summed E-state index contributed by atoms with van der Waals surface area (Å²) in [5.41, 5.74) is 1.29. The maximum atomic E-state index is 12.8. The van der Waals surface area contributed by atoms with Crippen molar-refractivity contribution in [1.82, 2.24) is 9.88 Å². The van der Waals surface area contributed by atoms with Crippen LogP contribution in [0.5, 0.6) is 0 Å². The Balaban J connectivity index is 0.000000383. The number of halogens is 3. The highest BCUT2D eigenvalue weighted by Gasteiger charge is 2.47. The largest absolute Gasteiger partial charge is 0.490 e. The zero-order valence-electron chi connectivity index (χ0n) is 18.2. The van der Waals surface area contributed by atoms with Gasteiger partial charge < -0.3 is 23.9 Å². The second-order valence-electron chi connectivity index (χ2n) is 8.06. The molecule has 0 aromatic carbocycles. The molecule has 1 N–H and O–H groups in total. The van der Waals surface area contributed by atoms with Crippen molar-refractivity contribution in [3.8, 4) is 0 Å². The molecule has 4 heterocycles. The third-order valence-electron chi connectivity index (χ3n) is 5.49. The van der Waals surface area contributed by atoms with Crippen LogP contribution in [0, 0.1) is 13.8 Å². The molecule has 180 valence electrons. The minimum Gasteiger partial charge on any atom is -0.475 e. The van der Waals surface area contributed by atoms with Gasteiger partial charge in [0.05, 0.1) is 42.7 Å². The first-order chi connectivity index (χ1) is 15.5. The zero-order valence-corrected chi connectivity index (χ0v) is 18.2. The van der Waals surface area contributed by atoms with Crippen LogP contribution in [0.15, 0.2) is 34.9 Å². The molecule has 2 aromatic heterocycles. The molecule has 0 unspecified atom stereocenters. The van der Waals surface area contributed by atoms with Crippen molar-refractivity contribution in [3.05, 3.63) is 53.2 Å². The van der Waals surface area contributed by atoms with Crippen LogP contribution in [0.25, 0.3) is 0 Å². The van der Waals surface area contributed by atoms with Crippen molar-refractivity contribution in [1.29, 1.82) is 0 Å². The molecule has 8 nitrogen and oxygen atoms in total. The van der Waals surface area contributed by atoms with Gasteiger partial charge in [0, 0.05) is 19.2 Å². The first-order valence-corrected chi connectivity index (χ1v) is 10.3. The lowest BCUT2D eigenvalue weighted by molar-refractivity contribution is -0.192. The fraction of sp³-hybridized carbons (Fsp3) is 0.500. The lowest BCUT2D eigenvalue weighted by Gasteiger charge is -2.23. The number of carbonyl (C=O) groups excluding carboxylic acids is 1. The number of alkyl halides is 3. The van der Waals surface area contributed by atoms with E-state index >= 15 is 0 Å². The highest BCUT2D eigenvalue weighted by Crippen LogP contribution is 2.37. The normalized spacial score (nSPS) is 22.3. The number of pyridine rings is 1. The Bertz CT molecular complexity index is 978. The molecule has 2 aliphatic heterocycles. The number of carboxylic acid groups (broad SMARTS) is 1. The van der Waals surface area contributed by atoms with Gasteiger partial charge in [-0.15, -0.1) is 0 Å². The smallest absolute Gasteiger partial charge is 0.475 e. The molecular weight excluding hydrogens is 445 g/mol. The predicted molar refractivity (Wildman–Crippen MR) is 109 cm³/mol. The molecule has 0 aliphatic carbocycles. The molecule has 2 saturated heterocycles. The summed E-state index contributed by atoms with van der Waals surface area (Å²) < 4.78 is 49.3. The fourth-order valence-corrected chi connectivity index (χ4v) is 3.91. The average molecular weight is 470 g/mol. The number of hydrogen-bond acceptors (Lipinski definition) is 6. The van der Waals surface area contributed by atoms with Gasteiger partial charge in [-0.3, -0.25) is 9.78 Å². The summed E-state index contributed by atoms with van der Waals surface area (Å²) >= 11 is 0. The molecule has 1 amide bonds. The second kappa shape index (κ2) is 9.92. The fourth-order valence-electron chi connectivity index (χ4n) is 3.91. The van der Waals surface area contributed by atoms with E-state index in [2.05, 4.69) is 4.98 Å². The highest BCUT2D eigenvalue weighted by atomic mass is 19.4. The SMILES string of the molecule is Cc1cc(C(=O)N2CC[C@]3(C[C@@H](OCc4ccccn4)CO3)C2)c(C)o1.O=C(O)C(F)(F)F. The molecule has 11 heteroatoms. The third-order valence-corrected chi connectivity index (χ3v) is 5.49. The Kier molecular flexibility index (Phi) is 7.43. The van der Waals surface area contributed by atoms with Crippen LogP contribution in [-0.2, 0) is 20.9 Å². The van der Waals surface area contributed by atoms with Gasteiger partial charge in [0.25, 0.3) is 5.91 Å². The maximum absolute atomic E-state index is 12.8. The summed E-state index contributed by atoms with van der Waals surface area (Å²) in [5.74, 6) is -1.29. The number of ether oxygens (including phenoxy) is 2. The van der Waals surface area contributed by atoms with Crippen molar-refractivity contribution < 1.29 is 41.8 Å². The Labute approximate surface area is 188 Å². The molecule has 33 heavy (non-hydrogen) atoms. The summed E-state index contributed by atoms with van der Waals surface area (Å²) in [4.78, 5) is 27.8. The van der Waals surface area contributed by atoms with Gasteiger partial charge in [-0.25, -0.2) is 4.79 Å². The van der Waals surface area contributed by atoms with Crippen LogP contribution in [0.3, 0.4) is 0 Å². The van der Waals surface area contributed by atoms with E-state index in [4.69, 9.17) is 23.8 Å². The van der Waals surface area contributed by atoms with Crippen molar-refractivity contribution in [2.75, 3.05) is 19.7 Å². The average Bonchev–Trinajstić information content (AvgIpc) is 3.46. The van der Waals surface area contributed by atoms with Crippen molar-refractivity contribution in [2.45, 2.75) is 51.2 Å². The summed E-state index contributed by atoms with van der Waals surface area (Å²) in [6, 6.07) is 7.62. The Hall–Kier alpha value is -2.92. The Morgan fingerprint density at radius 2 is 2.06 bits per heavy atom. The van der Waals surface area contributed by atoms with E-state index in [0.29, 0.717) is 37.6 Å². The van der Waals surface area contributed by atoms with Gasteiger partial charge in [0.2, 0.25) is 0 Å². The van der Waals surface area contributed by atoms with E-state index in [0.717, 1.165) is 24.3 Å². The van der Waals surface area contributed by atoms with Gasteiger partial charge in [0.1, 0.15) is 11.5 Å². The van der Waals surface area contributed by atoms with E-state index < -0.39 is 12.1 Å². The molecule has 2 atom stereocenters. The van der Waals surface area contributed by atoms with Crippen LogP contribution < -0.4 is 0 Å². The van der Waals surface area contributed by atoms with E-state index in [1.165, 1.54) is 0 Å². The van der Waals surface area contributed by atoms with Crippen molar-refractivity contribution in [3.63, 3.8) is 0 Å². The van der Waals surface area contributed by atoms with E-state index in [1.807, 2.05) is 43.0 Å². The van der Waals surface area contributed by atoms with Gasteiger partial charge in [-0.2, -0.15) is 13.2 Å². The van der Waals surface area contributed by atoms with Crippen LogP contribution in [-0.4, -0.2) is 64.4 Å². The quantitative estimate of drug-likeness (QED) is 0.730. The third kappa shape index (κ3) is 6.32. The lowest BCUT2D eigenvalue weighted by Crippen LogP contribution is -2.36. The Morgan fingerprint density at radius 3 is 2.64 bits per heavy atom. The van der Waals surface area contributed by atoms with Gasteiger partial charge in [-0.1, -0.05) is 6.07 Å². The molecule has 1 spiro atoms. The number of aromatic nitrogens is 1. The number of nitrogens with zero attached hydrogens (tertiary/aromatic N) is 2. The number of hydrogen-bond donors (Lipinski definition) is 1. The number of rotatable bonds is 4. The Morgan fingerprint density at radius 1 is 1.33 bits per heavy atom. The molecule has 0 radical (unpaired) electrons. The molecular formula is C22H25F3N2O6. The number of amides is 1. The van der Waals surface area contributed by atoms with E-state index in [-0.39, 0.29) is 17.6 Å². The number of carbonyl (C=O) groups is 2. The minimum absolute atomic E-state index is 0.0256. The molecule has 2 aromatic rings. The number of carboxylic acids is 1. The van der Waals surface area contributed by atoms with E-state index in [1.54, 1.807) is 6.20 Å². The maximum Gasteiger partial charge on any atom is 0.490 e. The number of furan rings is 1. The van der Waals surface area contributed by atoms with Crippen LogP contribution in [0.4, 0.5) is 13.2 Å². The van der Waals surface area contributed by atoms with Crippen LogP contribution in [0.2, 0.25) is 0 Å². The molecule has 0 bridgehead atoms. The molecule has 2 fully saturated rings. The molecule has 2 aliphatic rings. The predicted octanol–water partition coefficient (Wildman–Crippen LogP) is 3.52. The molecule has 0 saturated carbocycles. The monoisotopic (exact) mass is 470 g/mol. The summed E-state index contributed by atoms with van der Waals surface area (Å²) in [5, 5.41) is 7.12. The topological polar surface area (TPSA) is 102 Å². The van der Waals surface area contributed by atoms with Gasteiger partial charge in [0.15, 0.2) is 0 Å². The summed E-state index contributed by atoms with van der Waals surface area (Å²) in [7, 11) is 0. The minimum atomic E-state index is -5.08. The van der Waals surface area contributed by atoms with E-state index in [9.17, 15) is 18.0 Å². The van der Waals surface area contributed by atoms with Crippen LogP contribution in [0.1, 0.15) is 40.4 Å². The lowest BCUT2D eigenvalue weighted by atomic mass is 9.98. The molecule has 4 rings (SSSR count). The first-order valence-electron chi connectivity index (χ1n) is 10.3. The van der Waals surface area contributed by atoms with Crippen LogP contribution >= 0.6 is 0 Å².